The number of carbonyl (C=O) groups is 1. The molecule has 1 aliphatic heterocycles. The highest BCUT2D eigenvalue weighted by Gasteiger charge is 2.35. The van der Waals surface area contributed by atoms with Gasteiger partial charge in [-0.1, -0.05) is 17.7 Å². The molecule has 0 aliphatic carbocycles. The summed E-state index contributed by atoms with van der Waals surface area (Å²) in [4.78, 5) is 14.2. The van der Waals surface area contributed by atoms with E-state index in [0.717, 1.165) is 5.56 Å². The maximum Gasteiger partial charge on any atom is 0.254 e. The maximum atomic E-state index is 12.6. The summed E-state index contributed by atoms with van der Waals surface area (Å²) in [5, 5.41) is 9.97. The quantitative estimate of drug-likeness (QED) is 0.921. The molecule has 19 heavy (non-hydrogen) atoms. The first kappa shape index (κ1) is 14.3. The molecule has 2 atom stereocenters. The van der Waals surface area contributed by atoms with Gasteiger partial charge in [0.05, 0.1) is 18.8 Å². The molecule has 1 fully saturated rings. The fourth-order valence-corrected chi connectivity index (χ4v) is 2.63. The molecule has 5 heteroatoms. The van der Waals surface area contributed by atoms with Gasteiger partial charge in [0, 0.05) is 24.2 Å². The van der Waals surface area contributed by atoms with Gasteiger partial charge in [-0.25, -0.2) is 0 Å². The van der Waals surface area contributed by atoms with Gasteiger partial charge in [-0.15, -0.1) is 0 Å². The second kappa shape index (κ2) is 5.90. The molecule has 0 unspecified atom stereocenters. The van der Waals surface area contributed by atoms with E-state index < -0.39 is 0 Å². The number of aliphatic hydroxyl groups is 1. The van der Waals surface area contributed by atoms with E-state index in [4.69, 9.17) is 16.3 Å². The van der Waals surface area contributed by atoms with Crippen molar-refractivity contribution in [3.05, 3.63) is 34.3 Å². The van der Waals surface area contributed by atoms with E-state index in [9.17, 15) is 9.90 Å². The number of amides is 1. The molecular formula is C14H18ClNO3. The Bertz CT molecular complexity index is 478. The minimum atomic E-state index is -0.184. The first-order valence-electron chi connectivity index (χ1n) is 6.28. The second-order valence-electron chi connectivity index (χ2n) is 4.80. The Hall–Kier alpha value is -1.10. The number of hydrogen-bond acceptors (Lipinski definition) is 3. The summed E-state index contributed by atoms with van der Waals surface area (Å²) in [5.41, 5.74) is 1.36. The fraction of sp³-hybridized carbons (Fsp3) is 0.500. The zero-order chi connectivity index (χ0) is 14.0. The Morgan fingerprint density at radius 3 is 2.95 bits per heavy atom. The first-order chi connectivity index (χ1) is 9.08. The van der Waals surface area contributed by atoms with Crippen LogP contribution in [0.3, 0.4) is 0 Å². The number of benzene rings is 1. The van der Waals surface area contributed by atoms with Crippen molar-refractivity contribution >= 4 is 17.5 Å². The van der Waals surface area contributed by atoms with Crippen molar-refractivity contribution in [3.8, 4) is 0 Å². The lowest BCUT2D eigenvalue weighted by Gasteiger charge is -2.23. The minimum Gasteiger partial charge on any atom is -0.394 e. The van der Waals surface area contributed by atoms with Crippen LogP contribution in [-0.2, 0) is 4.74 Å². The van der Waals surface area contributed by atoms with E-state index in [1.165, 1.54) is 0 Å². The Morgan fingerprint density at radius 1 is 1.58 bits per heavy atom. The molecule has 1 aliphatic rings. The summed E-state index contributed by atoms with van der Waals surface area (Å²) in [5.74, 6) is -0.0985. The SMILES string of the molecule is CO[C@H]1C[C@@H](CO)N(C(=O)c2cccc(Cl)c2C)C1. The van der Waals surface area contributed by atoms with E-state index in [2.05, 4.69) is 0 Å². The lowest BCUT2D eigenvalue weighted by molar-refractivity contribution is 0.0647. The van der Waals surface area contributed by atoms with Crippen LogP contribution in [0, 0.1) is 6.92 Å². The first-order valence-corrected chi connectivity index (χ1v) is 6.66. The van der Waals surface area contributed by atoms with Crippen LogP contribution >= 0.6 is 11.6 Å². The molecule has 1 aromatic rings. The number of nitrogens with zero attached hydrogens (tertiary/aromatic N) is 1. The third-order valence-electron chi connectivity index (χ3n) is 3.68. The van der Waals surface area contributed by atoms with Crippen molar-refractivity contribution in [1.29, 1.82) is 0 Å². The highest BCUT2D eigenvalue weighted by molar-refractivity contribution is 6.31. The molecule has 0 bridgehead atoms. The summed E-state index contributed by atoms with van der Waals surface area (Å²) >= 11 is 6.05. The van der Waals surface area contributed by atoms with Gasteiger partial charge in [-0.05, 0) is 31.0 Å². The lowest BCUT2D eigenvalue weighted by atomic mass is 10.1. The topological polar surface area (TPSA) is 49.8 Å². The predicted molar refractivity (Wildman–Crippen MR) is 73.5 cm³/mol. The van der Waals surface area contributed by atoms with Crippen molar-refractivity contribution in [1.82, 2.24) is 4.90 Å². The number of carbonyl (C=O) groups excluding carboxylic acids is 1. The zero-order valence-electron chi connectivity index (χ0n) is 11.1. The van der Waals surface area contributed by atoms with Crippen molar-refractivity contribution in [2.24, 2.45) is 0 Å². The number of aliphatic hydroxyl groups excluding tert-OH is 1. The molecule has 4 nitrogen and oxygen atoms in total. The van der Waals surface area contributed by atoms with E-state index in [-0.39, 0.29) is 24.7 Å². The molecule has 0 saturated carbocycles. The molecule has 0 radical (unpaired) electrons. The molecular weight excluding hydrogens is 266 g/mol. The molecule has 1 amide bonds. The molecule has 2 rings (SSSR count). The van der Waals surface area contributed by atoms with Crippen LogP contribution < -0.4 is 0 Å². The summed E-state index contributed by atoms with van der Waals surface area (Å²) in [6.45, 7) is 2.28. The summed E-state index contributed by atoms with van der Waals surface area (Å²) < 4.78 is 5.28. The standard InChI is InChI=1S/C14H18ClNO3/c1-9-12(4-3-5-13(9)15)14(18)16-7-11(19-2)6-10(16)8-17/h3-5,10-11,17H,6-8H2,1-2H3/t10-,11-/m0/s1. The van der Waals surface area contributed by atoms with Crippen molar-refractivity contribution in [3.63, 3.8) is 0 Å². The molecule has 1 aromatic carbocycles. The third kappa shape index (κ3) is 2.76. The van der Waals surface area contributed by atoms with E-state index in [1.807, 2.05) is 6.92 Å². The molecule has 1 heterocycles. The number of methoxy groups -OCH3 is 1. The van der Waals surface area contributed by atoms with Gasteiger partial charge in [0.25, 0.3) is 5.91 Å². The predicted octanol–water partition coefficient (Wildman–Crippen LogP) is 1.87. The van der Waals surface area contributed by atoms with Gasteiger partial charge in [-0.3, -0.25) is 4.79 Å². The normalized spacial score (nSPS) is 22.8. The molecule has 1 N–H and O–H groups in total. The number of ether oxygens (including phenoxy) is 1. The van der Waals surface area contributed by atoms with Crippen molar-refractivity contribution in [2.75, 3.05) is 20.3 Å². The van der Waals surface area contributed by atoms with Crippen molar-refractivity contribution < 1.29 is 14.6 Å². The third-order valence-corrected chi connectivity index (χ3v) is 4.09. The fourth-order valence-electron chi connectivity index (χ4n) is 2.46. The van der Waals surface area contributed by atoms with Crippen LogP contribution in [0.25, 0.3) is 0 Å². The van der Waals surface area contributed by atoms with Crippen LogP contribution in [0.1, 0.15) is 22.3 Å². The minimum absolute atomic E-state index is 0.0133. The Labute approximate surface area is 117 Å². The van der Waals surface area contributed by atoms with Gasteiger partial charge in [0.2, 0.25) is 0 Å². The maximum absolute atomic E-state index is 12.6. The molecule has 104 valence electrons. The zero-order valence-corrected chi connectivity index (χ0v) is 11.9. The lowest BCUT2D eigenvalue weighted by Crippen LogP contribution is -2.38. The summed E-state index contributed by atoms with van der Waals surface area (Å²) in [6, 6.07) is 5.10. The average Bonchev–Trinajstić information content (AvgIpc) is 2.84. The number of likely N-dealkylation sites (tertiary alicyclic amines) is 1. The van der Waals surface area contributed by atoms with E-state index >= 15 is 0 Å². The van der Waals surface area contributed by atoms with Crippen LogP contribution in [0.2, 0.25) is 5.02 Å². The second-order valence-corrected chi connectivity index (χ2v) is 5.21. The number of halogens is 1. The number of rotatable bonds is 3. The smallest absolute Gasteiger partial charge is 0.254 e. The Kier molecular flexibility index (Phi) is 4.45. The van der Waals surface area contributed by atoms with Gasteiger partial charge >= 0.3 is 0 Å². The van der Waals surface area contributed by atoms with Gasteiger partial charge in [-0.2, -0.15) is 0 Å². The van der Waals surface area contributed by atoms with E-state index in [1.54, 1.807) is 30.2 Å². The van der Waals surface area contributed by atoms with Crippen LogP contribution in [0.4, 0.5) is 0 Å². The van der Waals surface area contributed by atoms with E-state index in [0.29, 0.717) is 23.6 Å². The van der Waals surface area contributed by atoms with Gasteiger partial charge in [0.15, 0.2) is 0 Å². The highest BCUT2D eigenvalue weighted by Crippen LogP contribution is 2.25. The molecule has 1 saturated heterocycles. The Balaban J connectivity index is 2.26. The van der Waals surface area contributed by atoms with Gasteiger partial charge in [0.1, 0.15) is 0 Å². The van der Waals surface area contributed by atoms with Crippen LogP contribution in [-0.4, -0.2) is 48.3 Å². The summed E-state index contributed by atoms with van der Waals surface area (Å²) in [6.07, 6.45) is 0.652. The monoisotopic (exact) mass is 283 g/mol. The Morgan fingerprint density at radius 2 is 2.32 bits per heavy atom. The molecule has 0 spiro atoms. The average molecular weight is 284 g/mol. The number of hydrogen-bond donors (Lipinski definition) is 1. The van der Waals surface area contributed by atoms with Crippen LogP contribution in [0.15, 0.2) is 18.2 Å². The van der Waals surface area contributed by atoms with Crippen molar-refractivity contribution in [2.45, 2.75) is 25.5 Å². The highest BCUT2D eigenvalue weighted by atomic mass is 35.5. The van der Waals surface area contributed by atoms with Gasteiger partial charge < -0.3 is 14.7 Å². The summed E-state index contributed by atoms with van der Waals surface area (Å²) in [7, 11) is 1.62. The van der Waals surface area contributed by atoms with Crippen LogP contribution in [0.5, 0.6) is 0 Å². The molecule has 0 aromatic heterocycles. The largest absolute Gasteiger partial charge is 0.394 e.